The fourth-order valence-electron chi connectivity index (χ4n) is 2.32. The van der Waals surface area contributed by atoms with Gasteiger partial charge < -0.3 is 15.3 Å². The molecule has 3 heteroatoms. The Hall–Kier alpha value is -0.120. The smallest absolute Gasteiger partial charge is 0.0628 e. The summed E-state index contributed by atoms with van der Waals surface area (Å²) >= 11 is 0. The summed E-state index contributed by atoms with van der Waals surface area (Å²) in [4.78, 5) is 2.28. The number of nitrogens with one attached hydrogen (secondary N) is 1. The van der Waals surface area contributed by atoms with Crippen molar-refractivity contribution >= 4 is 0 Å². The van der Waals surface area contributed by atoms with Gasteiger partial charge >= 0.3 is 0 Å². The largest absolute Gasteiger partial charge is 0.394 e. The molecule has 2 N–H and O–H groups in total. The molecule has 0 amide bonds. The molecule has 0 bridgehead atoms. The zero-order chi connectivity index (χ0) is 11.5. The van der Waals surface area contributed by atoms with Gasteiger partial charge in [0.2, 0.25) is 0 Å². The molecule has 0 aromatic carbocycles. The van der Waals surface area contributed by atoms with E-state index in [4.69, 9.17) is 0 Å². The summed E-state index contributed by atoms with van der Waals surface area (Å²) < 4.78 is 0. The van der Waals surface area contributed by atoms with E-state index in [9.17, 15) is 5.11 Å². The Morgan fingerprint density at radius 3 is 2.40 bits per heavy atom. The Labute approximate surface area is 93.9 Å². The Morgan fingerprint density at radius 2 is 2.07 bits per heavy atom. The van der Waals surface area contributed by atoms with Crippen molar-refractivity contribution in [1.29, 1.82) is 0 Å². The van der Waals surface area contributed by atoms with E-state index >= 15 is 0 Å². The van der Waals surface area contributed by atoms with Crippen LogP contribution >= 0.6 is 0 Å². The average Bonchev–Trinajstić information content (AvgIpc) is 2.99. The summed E-state index contributed by atoms with van der Waals surface area (Å²) in [6.45, 7) is 8.69. The summed E-state index contributed by atoms with van der Waals surface area (Å²) in [6, 6.07) is 0.433. The number of hydrogen-bond donors (Lipinski definition) is 2. The van der Waals surface area contributed by atoms with Crippen LogP contribution in [0.15, 0.2) is 0 Å². The second-order valence-corrected chi connectivity index (χ2v) is 5.22. The van der Waals surface area contributed by atoms with Crippen LogP contribution in [0.3, 0.4) is 0 Å². The maximum Gasteiger partial charge on any atom is 0.0628 e. The molecule has 1 saturated carbocycles. The highest BCUT2D eigenvalue weighted by Crippen LogP contribution is 2.40. The van der Waals surface area contributed by atoms with Gasteiger partial charge in [-0.25, -0.2) is 0 Å². The molecule has 0 aromatic heterocycles. The fourth-order valence-corrected chi connectivity index (χ4v) is 2.32. The molecule has 1 fully saturated rings. The normalized spacial score (nSPS) is 21.0. The molecule has 90 valence electrons. The first-order chi connectivity index (χ1) is 7.04. The van der Waals surface area contributed by atoms with E-state index < -0.39 is 0 Å². The Morgan fingerprint density at radius 1 is 1.47 bits per heavy atom. The highest BCUT2D eigenvalue weighted by Gasteiger charge is 2.45. The number of aliphatic hydroxyl groups excluding tert-OH is 1. The van der Waals surface area contributed by atoms with Crippen molar-refractivity contribution in [3.8, 4) is 0 Å². The highest BCUT2D eigenvalue weighted by atomic mass is 16.3. The van der Waals surface area contributed by atoms with Crippen LogP contribution in [0.25, 0.3) is 0 Å². The van der Waals surface area contributed by atoms with Crippen molar-refractivity contribution in [1.82, 2.24) is 10.2 Å². The lowest BCUT2D eigenvalue weighted by molar-refractivity contribution is 0.0951. The SMILES string of the molecule is CCN(C)CC(CO)(NC(C)C)C1CC1. The van der Waals surface area contributed by atoms with E-state index in [1.54, 1.807) is 0 Å². The van der Waals surface area contributed by atoms with Crippen LogP contribution in [0.4, 0.5) is 0 Å². The van der Waals surface area contributed by atoms with Gasteiger partial charge in [0.05, 0.1) is 12.1 Å². The maximum atomic E-state index is 9.69. The summed E-state index contributed by atoms with van der Waals surface area (Å²) in [5, 5.41) is 13.3. The third-order valence-corrected chi connectivity index (χ3v) is 3.31. The maximum absolute atomic E-state index is 9.69. The molecule has 0 spiro atoms. The predicted molar refractivity (Wildman–Crippen MR) is 64.0 cm³/mol. The van der Waals surface area contributed by atoms with Crippen LogP contribution in [0.1, 0.15) is 33.6 Å². The molecule has 1 atom stereocenters. The molecule has 3 nitrogen and oxygen atoms in total. The number of aliphatic hydroxyl groups is 1. The molecule has 0 saturated heterocycles. The lowest BCUT2D eigenvalue weighted by atomic mass is 9.92. The molecule has 1 rings (SSSR count). The number of likely N-dealkylation sites (N-methyl/N-ethyl adjacent to an activating group) is 1. The summed E-state index contributed by atoms with van der Waals surface area (Å²) in [5.74, 6) is 0.666. The lowest BCUT2D eigenvalue weighted by Crippen LogP contribution is -2.59. The average molecular weight is 214 g/mol. The Balaban J connectivity index is 2.64. The van der Waals surface area contributed by atoms with Crippen LogP contribution in [-0.2, 0) is 0 Å². The molecular weight excluding hydrogens is 188 g/mol. The van der Waals surface area contributed by atoms with Crippen molar-refractivity contribution in [2.24, 2.45) is 5.92 Å². The minimum atomic E-state index is -0.0705. The summed E-state index contributed by atoms with van der Waals surface area (Å²) in [6.07, 6.45) is 2.52. The first-order valence-electron chi connectivity index (χ1n) is 6.11. The summed E-state index contributed by atoms with van der Waals surface area (Å²) in [5.41, 5.74) is -0.0705. The monoisotopic (exact) mass is 214 g/mol. The highest BCUT2D eigenvalue weighted by molar-refractivity contribution is 5.03. The molecule has 0 heterocycles. The van der Waals surface area contributed by atoms with Crippen molar-refractivity contribution in [2.45, 2.75) is 45.2 Å². The quantitative estimate of drug-likeness (QED) is 0.665. The van der Waals surface area contributed by atoms with E-state index in [1.165, 1.54) is 12.8 Å². The van der Waals surface area contributed by atoms with Crippen LogP contribution < -0.4 is 5.32 Å². The van der Waals surface area contributed by atoms with Crippen molar-refractivity contribution in [2.75, 3.05) is 26.7 Å². The fraction of sp³-hybridized carbons (Fsp3) is 1.00. The molecule has 1 unspecified atom stereocenters. The third-order valence-electron chi connectivity index (χ3n) is 3.31. The molecule has 1 aliphatic rings. The second-order valence-electron chi connectivity index (χ2n) is 5.22. The summed E-state index contributed by atoms with van der Waals surface area (Å²) in [7, 11) is 2.12. The van der Waals surface area contributed by atoms with Gasteiger partial charge in [-0.2, -0.15) is 0 Å². The molecule has 15 heavy (non-hydrogen) atoms. The van der Waals surface area contributed by atoms with Gasteiger partial charge in [-0.1, -0.05) is 20.8 Å². The van der Waals surface area contributed by atoms with E-state index in [0.29, 0.717) is 12.0 Å². The minimum absolute atomic E-state index is 0.0705. The van der Waals surface area contributed by atoms with Gasteiger partial charge in [-0.3, -0.25) is 0 Å². The predicted octanol–water partition coefficient (Wildman–Crippen LogP) is 1.08. The number of rotatable bonds is 7. The van der Waals surface area contributed by atoms with Gasteiger partial charge in [-0.15, -0.1) is 0 Å². The van der Waals surface area contributed by atoms with Gasteiger partial charge in [0.1, 0.15) is 0 Å². The molecule has 0 radical (unpaired) electrons. The standard InChI is InChI=1S/C12H26N2O/c1-5-14(4)8-12(9-15,11-6-7-11)13-10(2)3/h10-11,13,15H,5-9H2,1-4H3. The van der Waals surface area contributed by atoms with Crippen LogP contribution in [0.5, 0.6) is 0 Å². The van der Waals surface area contributed by atoms with Gasteiger partial charge in [0.25, 0.3) is 0 Å². The number of hydrogen-bond acceptors (Lipinski definition) is 3. The number of nitrogens with zero attached hydrogens (tertiary/aromatic N) is 1. The Kier molecular flexibility index (Phi) is 4.56. The topological polar surface area (TPSA) is 35.5 Å². The molecular formula is C12H26N2O. The van der Waals surface area contributed by atoms with Crippen molar-refractivity contribution in [3.05, 3.63) is 0 Å². The molecule has 1 aliphatic carbocycles. The van der Waals surface area contributed by atoms with Gasteiger partial charge in [0, 0.05) is 12.6 Å². The van der Waals surface area contributed by atoms with E-state index in [0.717, 1.165) is 13.1 Å². The van der Waals surface area contributed by atoms with Crippen LogP contribution in [0.2, 0.25) is 0 Å². The van der Waals surface area contributed by atoms with Crippen molar-refractivity contribution < 1.29 is 5.11 Å². The zero-order valence-electron chi connectivity index (χ0n) is 10.6. The Bertz CT molecular complexity index is 192. The van der Waals surface area contributed by atoms with Gasteiger partial charge in [0.15, 0.2) is 0 Å². The first kappa shape index (κ1) is 12.9. The lowest BCUT2D eigenvalue weighted by Gasteiger charge is -2.38. The second kappa shape index (κ2) is 5.28. The van der Waals surface area contributed by atoms with Crippen molar-refractivity contribution in [3.63, 3.8) is 0 Å². The van der Waals surface area contributed by atoms with E-state index in [1.807, 2.05) is 0 Å². The van der Waals surface area contributed by atoms with Gasteiger partial charge in [-0.05, 0) is 32.4 Å². The van der Waals surface area contributed by atoms with Crippen LogP contribution in [0, 0.1) is 5.92 Å². The minimum Gasteiger partial charge on any atom is -0.394 e. The molecule has 0 aliphatic heterocycles. The van der Waals surface area contributed by atoms with E-state index in [2.05, 4.69) is 38.0 Å². The molecule has 0 aromatic rings. The van der Waals surface area contributed by atoms with E-state index in [-0.39, 0.29) is 12.1 Å². The van der Waals surface area contributed by atoms with Crippen LogP contribution in [-0.4, -0.2) is 48.3 Å². The first-order valence-corrected chi connectivity index (χ1v) is 6.11. The zero-order valence-corrected chi connectivity index (χ0v) is 10.6. The third kappa shape index (κ3) is 3.44.